The first-order valence-corrected chi connectivity index (χ1v) is 4.79. The summed E-state index contributed by atoms with van der Waals surface area (Å²) < 4.78 is 0. The maximum absolute atomic E-state index is 10.7. The standard InChI is InChI=1S/C11H13NO4/c12-8-5-1-3-7(4-2-6-13)9(8)10(14)11(15)16/h1,3,5-6,10,14H,2,4,12H2,(H,15,16). The topological polar surface area (TPSA) is 101 Å². The zero-order chi connectivity index (χ0) is 12.1. The van der Waals surface area contributed by atoms with Crippen molar-refractivity contribution in [1.82, 2.24) is 0 Å². The number of benzene rings is 1. The SMILES string of the molecule is Nc1cccc(CCC=O)c1C(O)C(=O)O. The van der Waals surface area contributed by atoms with Gasteiger partial charge in [0.05, 0.1) is 0 Å². The monoisotopic (exact) mass is 223 g/mol. The molecular formula is C11H13NO4. The van der Waals surface area contributed by atoms with Crippen LogP contribution in [0.3, 0.4) is 0 Å². The summed E-state index contributed by atoms with van der Waals surface area (Å²) >= 11 is 0. The first-order valence-electron chi connectivity index (χ1n) is 4.79. The van der Waals surface area contributed by atoms with Crippen molar-refractivity contribution in [3.8, 4) is 0 Å². The Labute approximate surface area is 92.5 Å². The predicted molar refractivity (Wildman–Crippen MR) is 57.8 cm³/mol. The summed E-state index contributed by atoms with van der Waals surface area (Å²) in [7, 11) is 0. The van der Waals surface area contributed by atoms with Crippen molar-refractivity contribution in [2.24, 2.45) is 0 Å². The van der Waals surface area contributed by atoms with Gasteiger partial charge in [-0.05, 0) is 18.1 Å². The summed E-state index contributed by atoms with van der Waals surface area (Å²) in [6, 6.07) is 4.83. The van der Waals surface area contributed by atoms with Crippen LogP contribution in [0, 0.1) is 0 Å². The molecule has 0 aromatic heterocycles. The highest BCUT2D eigenvalue weighted by atomic mass is 16.4. The van der Waals surface area contributed by atoms with Crippen LogP contribution in [0.25, 0.3) is 0 Å². The van der Waals surface area contributed by atoms with Gasteiger partial charge in [-0.1, -0.05) is 12.1 Å². The number of aliphatic hydroxyl groups excluding tert-OH is 1. The van der Waals surface area contributed by atoms with Gasteiger partial charge in [0.25, 0.3) is 0 Å². The zero-order valence-corrected chi connectivity index (χ0v) is 8.59. The maximum Gasteiger partial charge on any atom is 0.337 e. The Morgan fingerprint density at radius 1 is 1.50 bits per heavy atom. The van der Waals surface area contributed by atoms with Crippen LogP contribution >= 0.6 is 0 Å². The van der Waals surface area contributed by atoms with Crippen LogP contribution in [0.4, 0.5) is 5.69 Å². The van der Waals surface area contributed by atoms with Gasteiger partial charge in [-0.25, -0.2) is 4.79 Å². The highest BCUT2D eigenvalue weighted by Gasteiger charge is 2.21. The van der Waals surface area contributed by atoms with Gasteiger partial charge in [0, 0.05) is 17.7 Å². The predicted octanol–water partition coefficient (Wildman–Crippen LogP) is 0.518. The molecule has 1 atom stereocenters. The quantitative estimate of drug-likeness (QED) is 0.499. The Bertz CT molecular complexity index is 403. The number of carbonyl (C=O) groups is 2. The van der Waals surface area contributed by atoms with Crippen molar-refractivity contribution >= 4 is 17.9 Å². The van der Waals surface area contributed by atoms with Gasteiger partial charge in [0.15, 0.2) is 6.10 Å². The molecule has 4 N–H and O–H groups in total. The van der Waals surface area contributed by atoms with E-state index < -0.39 is 12.1 Å². The van der Waals surface area contributed by atoms with Gasteiger partial charge >= 0.3 is 5.97 Å². The van der Waals surface area contributed by atoms with E-state index in [1.54, 1.807) is 12.1 Å². The maximum atomic E-state index is 10.7. The minimum atomic E-state index is -1.65. The number of nitrogen functional groups attached to an aromatic ring is 1. The normalized spacial score (nSPS) is 12.1. The van der Waals surface area contributed by atoms with E-state index in [1.807, 2.05) is 0 Å². The fourth-order valence-electron chi connectivity index (χ4n) is 1.52. The number of rotatable bonds is 5. The Hall–Kier alpha value is -1.88. The van der Waals surface area contributed by atoms with E-state index in [9.17, 15) is 14.7 Å². The number of aliphatic hydroxyl groups is 1. The molecule has 1 aromatic rings. The van der Waals surface area contributed by atoms with Crippen LogP contribution in [0.15, 0.2) is 18.2 Å². The molecule has 0 aliphatic heterocycles. The number of aldehydes is 1. The molecule has 5 nitrogen and oxygen atoms in total. The third kappa shape index (κ3) is 2.58. The lowest BCUT2D eigenvalue weighted by molar-refractivity contribution is -0.146. The number of carboxylic acid groups (broad SMARTS) is 1. The van der Waals surface area contributed by atoms with Gasteiger partial charge in [-0.3, -0.25) is 0 Å². The van der Waals surface area contributed by atoms with E-state index in [0.717, 1.165) is 6.29 Å². The fraction of sp³-hybridized carbons (Fsp3) is 0.273. The molecule has 0 aliphatic carbocycles. The summed E-state index contributed by atoms with van der Waals surface area (Å²) in [6.07, 6.45) is -0.278. The van der Waals surface area contributed by atoms with Crippen LogP contribution in [0.1, 0.15) is 23.7 Å². The van der Waals surface area contributed by atoms with Crippen molar-refractivity contribution in [2.45, 2.75) is 18.9 Å². The second-order valence-corrected chi connectivity index (χ2v) is 3.37. The number of hydrogen-bond acceptors (Lipinski definition) is 4. The average molecular weight is 223 g/mol. The molecule has 0 spiro atoms. The molecular weight excluding hydrogens is 210 g/mol. The zero-order valence-electron chi connectivity index (χ0n) is 8.59. The molecule has 0 heterocycles. The first-order chi connectivity index (χ1) is 7.57. The minimum absolute atomic E-state index is 0.178. The van der Waals surface area contributed by atoms with E-state index in [2.05, 4.69) is 0 Å². The number of aryl methyl sites for hydroxylation is 1. The molecule has 86 valence electrons. The lowest BCUT2D eigenvalue weighted by Gasteiger charge is -2.14. The molecule has 0 bridgehead atoms. The second-order valence-electron chi connectivity index (χ2n) is 3.37. The Morgan fingerprint density at radius 2 is 2.19 bits per heavy atom. The third-order valence-electron chi connectivity index (χ3n) is 2.27. The lowest BCUT2D eigenvalue weighted by Crippen LogP contribution is -2.15. The van der Waals surface area contributed by atoms with E-state index in [1.165, 1.54) is 6.07 Å². The summed E-state index contributed by atoms with van der Waals surface area (Å²) in [6.45, 7) is 0. The van der Waals surface area contributed by atoms with Crippen LogP contribution < -0.4 is 5.73 Å². The molecule has 1 aromatic carbocycles. The summed E-state index contributed by atoms with van der Waals surface area (Å²) in [5, 5.41) is 18.2. The summed E-state index contributed by atoms with van der Waals surface area (Å²) in [4.78, 5) is 21.0. The molecule has 0 fully saturated rings. The molecule has 0 radical (unpaired) electrons. The van der Waals surface area contributed by atoms with Crippen LogP contribution in [0.2, 0.25) is 0 Å². The molecule has 5 heteroatoms. The van der Waals surface area contributed by atoms with E-state index in [0.29, 0.717) is 12.0 Å². The summed E-state index contributed by atoms with van der Waals surface area (Å²) in [5.74, 6) is -1.36. The van der Waals surface area contributed by atoms with Crippen molar-refractivity contribution < 1.29 is 19.8 Å². The van der Waals surface area contributed by atoms with Gasteiger partial charge in [-0.2, -0.15) is 0 Å². The van der Waals surface area contributed by atoms with Crippen LogP contribution in [-0.2, 0) is 16.0 Å². The number of anilines is 1. The van der Waals surface area contributed by atoms with E-state index in [4.69, 9.17) is 10.8 Å². The number of carboxylic acids is 1. The van der Waals surface area contributed by atoms with Crippen LogP contribution in [-0.4, -0.2) is 22.5 Å². The average Bonchev–Trinajstić information content (AvgIpc) is 2.25. The molecule has 0 aliphatic rings. The Morgan fingerprint density at radius 3 is 2.75 bits per heavy atom. The Balaban J connectivity index is 3.12. The largest absolute Gasteiger partial charge is 0.479 e. The number of aliphatic carboxylic acids is 1. The molecule has 16 heavy (non-hydrogen) atoms. The molecule has 0 saturated carbocycles. The molecule has 0 amide bonds. The van der Waals surface area contributed by atoms with E-state index >= 15 is 0 Å². The molecule has 1 rings (SSSR count). The van der Waals surface area contributed by atoms with Crippen molar-refractivity contribution in [3.05, 3.63) is 29.3 Å². The Kier molecular flexibility index (Phi) is 4.02. The molecule has 0 saturated heterocycles. The minimum Gasteiger partial charge on any atom is -0.479 e. The smallest absolute Gasteiger partial charge is 0.337 e. The highest BCUT2D eigenvalue weighted by molar-refractivity contribution is 5.77. The second kappa shape index (κ2) is 5.27. The number of nitrogens with two attached hydrogens (primary N) is 1. The van der Waals surface area contributed by atoms with Crippen LogP contribution in [0.5, 0.6) is 0 Å². The molecule has 1 unspecified atom stereocenters. The number of hydrogen-bond donors (Lipinski definition) is 3. The summed E-state index contributed by atoms with van der Waals surface area (Å²) in [5.41, 5.74) is 6.60. The first kappa shape index (κ1) is 12.2. The van der Waals surface area contributed by atoms with Crippen molar-refractivity contribution in [3.63, 3.8) is 0 Å². The van der Waals surface area contributed by atoms with E-state index in [-0.39, 0.29) is 17.7 Å². The lowest BCUT2D eigenvalue weighted by atomic mass is 9.97. The fourth-order valence-corrected chi connectivity index (χ4v) is 1.52. The third-order valence-corrected chi connectivity index (χ3v) is 2.27. The number of carbonyl (C=O) groups excluding carboxylic acids is 1. The van der Waals surface area contributed by atoms with Gasteiger partial charge in [0.2, 0.25) is 0 Å². The van der Waals surface area contributed by atoms with Gasteiger partial charge < -0.3 is 20.7 Å². The van der Waals surface area contributed by atoms with Crippen molar-refractivity contribution in [2.75, 3.05) is 5.73 Å². The highest BCUT2D eigenvalue weighted by Crippen LogP contribution is 2.25. The van der Waals surface area contributed by atoms with Crippen molar-refractivity contribution in [1.29, 1.82) is 0 Å². The van der Waals surface area contributed by atoms with Gasteiger partial charge in [0.1, 0.15) is 6.29 Å². The van der Waals surface area contributed by atoms with Gasteiger partial charge in [-0.15, -0.1) is 0 Å².